The average Bonchev–Trinajstić information content (AvgIpc) is 3.33. The van der Waals surface area contributed by atoms with Crippen molar-refractivity contribution in [2.24, 2.45) is 5.73 Å². The summed E-state index contributed by atoms with van der Waals surface area (Å²) in [5.41, 5.74) is 7.71. The van der Waals surface area contributed by atoms with Crippen LogP contribution in [0.3, 0.4) is 0 Å². The molecule has 0 spiro atoms. The molecular formula is C21H20N2O5S2. The lowest BCUT2D eigenvalue weighted by Gasteiger charge is -2.11. The Labute approximate surface area is 177 Å². The van der Waals surface area contributed by atoms with E-state index >= 15 is 0 Å². The highest BCUT2D eigenvalue weighted by Crippen LogP contribution is 2.38. The maximum absolute atomic E-state index is 12.7. The first-order valence-electron chi connectivity index (χ1n) is 9.44. The van der Waals surface area contributed by atoms with Gasteiger partial charge in [-0.2, -0.15) is 0 Å². The van der Waals surface area contributed by atoms with Gasteiger partial charge in [0.1, 0.15) is 5.00 Å². The molecule has 0 fully saturated rings. The van der Waals surface area contributed by atoms with E-state index in [1.165, 1.54) is 35.6 Å². The summed E-state index contributed by atoms with van der Waals surface area (Å²) in [5, 5.41) is 2.72. The van der Waals surface area contributed by atoms with Crippen molar-refractivity contribution >= 4 is 38.0 Å². The van der Waals surface area contributed by atoms with Gasteiger partial charge in [0.2, 0.25) is 14.9 Å². The van der Waals surface area contributed by atoms with E-state index in [1.807, 2.05) is 6.92 Å². The number of rotatable bonds is 5. The molecule has 1 aliphatic carbocycles. The monoisotopic (exact) mass is 444 g/mol. The number of primary amides is 1. The summed E-state index contributed by atoms with van der Waals surface area (Å²) in [6, 6.07) is 8.90. The molecule has 4 rings (SSSR count). The molecule has 0 radical (unpaired) electrons. The molecule has 3 N–H and O–H groups in total. The first-order chi connectivity index (χ1) is 14.3. The Morgan fingerprint density at radius 1 is 1.07 bits per heavy atom. The first kappa shape index (κ1) is 20.4. The number of amides is 2. The van der Waals surface area contributed by atoms with Crippen LogP contribution in [-0.4, -0.2) is 20.2 Å². The number of carbonyl (C=O) groups is 2. The maximum atomic E-state index is 12.7. The van der Waals surface area contributed by atoms with Gasteiger partial charge in [-0.05, 0) is 62.4 Å². The second kappa shape index (κ2) is 7.73. The molecule has 1 aliphatic rings. The second-order valence-corrected chi connectivity index (χ2v) is 10.2. The van der Waals surface area contributed by atoms with Crippen molar-refractivity contribution in [2.75, 3.05) is 5.32 Å². The highest BCUT2D eigenvalue weighted by Gasteiger charge is 2.27. The van der Waals surface area contributed by atoms with Gasteiger partial charge in [-0.3, -0.25) is 9.59 Å². The maximum Gasteiger partial charge on any atom is 0.292 e. The van der Waals surface area contributed by atoms with Gasteiger partial charge in [-0.25, -0.2) is 8.42 Å². The molecule has 1 aromatic carbocycles. The largest absolute Gasteiger partial charge is 0.439 e. The Bertz CT molecular complexity index is 1240. The van der Waals surface area contributed by atoms with Gasteiger partial charge in [-0.15, -0.1) is 11.3 Å². The Morgan fingerprint density at radius 3 is 2.47 bits per heavy atom. The number of hydrogen-bond acceptors (Lipinski definition) is 6. The summed E-state index contributed by atoms with van der Waals surface area (Å²) in [5.74, 6) is -1.39. The van der Waals surface area contributed by atoms with E-state index in [0.717, 1.165) is 41.7 Å². The number of nitrogens with two attached hydrogens (primary N) is 1. The van der Waals surface area contributed by atoms with Crippen LogP contribution < -0.4 is 11.1 Å². The highest BCUT2D eigenvalue weighted by atomic mass is 32.2. The van der Waals surface area contributed by atoms with E-state index in [2.05, 4.69) is 5.32 Å². The molecule has 7 nitrogen and oxygen atoms in total. The zero-order valence-corrected chi connectivity index (χ0v) is 17.9. The fourth-order valence-corrected chi connectivity index (χ4v) is 5.96. The number of thiophene rings is 1. The molecule has 156 valence electrons. The number of aryl methyl sites for hydroxylation is 2. The van der Waals surface area contributed by atoms with Crippen molar-refractivity contribution in [1.82, 2.24) is 0 Å². The van der Waals surface area contributed by atoms with Crippen LogP contribution in [0.4, 0.5) is 5.00 Å². The molecular weight excluding hydrogens is 424 g/mol. The minimum Gasteiger partial charge on any atom is -0.439 e. The molecule has 0 atom stereocenters. The van der Waals surface area contributed by atoms with E-state index in [-0.39, 0.29) is 15.7 Å². The van der Waals surface area contributed by atoms with E-state index in [0.29, 0.717) is 10.6 Å². The van der Waals surface area contributed by atoms with Gasteiger partial charge in [-0.1, -0.05) is 17.7 Å². The third-order valence-corrected chi connectivity index (χ3v) is 7.90. The Morgan fingerprint density at radius 2 is 1.77 bits per heavy atom. The van der Waals surface area contributed by atoms with E-state index < -0.39 is 21.7 Å². The number of carbonyl (C=O) groups excluding carboxylic acids is 2. The minimum absolute atomic E-state index is 0.0800. The average molecular weight is 445 g/mol. The van der Waals surface area contributed by atoms with Crippen LogP contribution in [0.1, 0.15) is 49.8 Å². The van der Waals surface area contributed by atoms with Gasteiger partial charge in [0.15, 0.2) is 5.76 Å². The number of hydrogen-bond donors (Lipinski definition) is 2. The van der Waals surface area contributed by atoms with Crippen LogP contribution in [0.2, 0.25) is 0 Å². The van der Waals surface area contributed by atoms with Crippen molar-refractivity contribution in [1.29, 1.82) is 0 Å². The van der Waals surface area contributed by atoms with E-state index in [9.17, 15) is 18.0 Å². The molecule has 0 saturated carbocycles. The second-order valence-electron chi connectivity index (χ2n) is 7.17. The van der Waals surface area contributed by atoms with Gasteiger partial charge >= 0.3 is 0 Å². The third-order valence-electron chi connectivity index (χ3n) is 5.05. The zero-order valence-electron chi connectivity index (χ0n) is 16.2. The normalized spacial score (nSPS) is 13.6. The lowest BCUT2D eigenvalue weighted by atomic mass is 9.95. The zero-order chi connectivity index (χ0) is 21.5. The minimum atomic E-state index is -3.88. The molecule has 30 heavy (non-hydrogen) atoms. The van der Waals surface area contributed by atoms with Gasteiger partial charge in [0.05, 0.1) is 10.5 Å². The third kappa shape index (κ3) is 3.66. The van der Waals surface area contributed by atoms with E-state index in [1.54, 1.807) is 12.1 Å². The van der Waals surface area contributed by atoms with Gasteiger partial charge in [0.25, 0.3) is 11.8 Å². The molecule has 2 heterocycles. The number of sulfone groups is 1. The summed E-state index contributed by atoms with van der Waals surface area (Å²) in [4.78, 5) is 25.8. The summed E-state index contributed by atoms with van der Waals surface area (Å²) < 4.78 is 30.8. The predicted octanol–water partition coefficient (Wildman–Crippen LogP) is 3.71. The summed E-state index contributed by atoms with van der Waals surface area (Å²) in [6.07, 6.45) is 3.59. The molecule has 9 heteroatoms. The van der Waals surface area contributed by atoms with Crippen LogP contribution in [0.25, 0.3) is 0 Å². The lowest BCUT2D eigenvalue weighted by molar-refractivity contribution is 0.0992. The highest BCUT2D eigenvalue weighted by molar-refractivity contribution is 7.91. The molecule has 0 unspecified atom stereocenters. The quantitative estimate of drug-likeness (QED) is 0.622. The van der Waals surface area contributed by atoms with Crippen molar-refractivity contribution in [3.8, 4) is 0 Å². The summed E-state index contributed by atoms with van der Waals surface area (Å²) in [6.45, 7) is 1.86. The van der Waals surface area contributed by atoms with E-state index in [4.69, 9.17) is 10.2 Å². The van der Waals surface area contributed by atoms with Crippen LogP contribution >= 0.6 is 11.3 Å². The summed E-state index contributed by atoms with van der Waals surface area (Å²) >= 11 is 1.33. The number of nitrogens with one attached hydrogen (secondary N) is 1. The first-order valence-corrected chi connectivity index (χ1v) is 11.7. The predicted molar refractivity (Wildman–Crippen MR) is 113 cm³/mol. The number of benzene rings is 1. The summed E-state index contributed by atoms with van der Waals surface area (Å²) in [7, 11) is -3.88. The number of anilines is 1. The van der Waals surface area contributed by atoms with Crippen LogP contribution in [0, 0.1) is 6.92 Å². The van der Waals surface area contributed by atoms with Crippen LogP contribution in [0.5, 0.6) is 0 Å². The fraction of sp³-hybridized carbons (Fsp3) is 0.238. The number of furan rings is 1. The standard InChI is InChI=1S/C21H20N2O5S2/c1-12-6-8-13(9-7-12)30(26,27)17-11-10-15(28-17)20(25)23-21-18(19(22)24)14-4-2-3-5-16(14)29-21/h6-11H,2-5H2,1H3,(H2,22,24)(H,23,25). The molecule has 0 saturated heterocycles. The molecule has 0 bridgehead atoms. The molecule has 0 aliphatic heterocycles. The molecule has 3 aromatic rings. The van der Waals surface area contributed by atoms with Crippen molar-refractivity contribution < 1.29 is 22.4 Å². The topological polar surface area (TPSA) is 119 Å². The molecule has 2 amide bonds. The number of fused-ring (bicyclic) bond motifs is 1. The lowest BCUT2D eigenvalue weighted by Crippen LogP contribution is -2.18. The van der Waals surface area contributed by atoms with Gasteiger partial charge < -0.3 is 15.5 Å². The Balaban J connectivity index is 1.61. The smallest absolute Gasteiger partial charge is 0.292 e. The van der Waals surface area contributed by atoms with Crippen LogP contribution in [-0.2, 0) is 22.7 Å². The molecule has 2 aromatic heterocycles. The van der Waals surface area contributed by atoms with Crippen LogP contribution in [0.15, 0.2) is 50.8 Å². The van der Waals surface area contributed by atoms with Gasteiger partial charge in [0, 0.05) is 4.88 Å². The fourth-order valence-electron chi connectivity index (χ4n) is 3.50. The van der Waals surface area contributed by atoms with Crippen molar-refractivity contribution in [2.45, 2.75) is 42.6 Å². The Hall–Kier alpha value is -2.91. The van der Waals surface area contributed by atoms with Crippen molar-refractivity contribution in [3.05, 3.63) is 63.7 Å². The Kier molecular flexibility index (Phi) is 5.25. The van der Waals surface area contributed by atoms with Crippen molar-refractivity contribution in [3.63, 3.8) is 0 Å². The SMILES string of the molecule is Cc1ccc(S(=O)(=O)c2ccc(C(=O)Nc3sc4c(c3C(N)=O)CCCC4)o2)cc1.